The van der Waals surface area contributed by atoms with Crippen LogP contribution in [0.2, 0.25) is 0 Å². The fraction of sp³-hybridized carbons (Fsp3) is 0. The molecule has 0 aliphatic heterocycles. The van der Waals surface area contributed by atoms with Crippen molar-refractivity contribution in [3.8, 4) is 0 Å². The van der Waals surface area contributed by atoms with Crippen LogP contribution in [-0.4, -0.2) is 22.5 Å². The molecule has 54 valence electrons. The number of carbonyl (C=O) groups is 2. The monoisotopic (exact) mass is 142 g/mol. The van der Waals surface area contributed by atoms with E-state index in [9.17, 15) is 9.59 Å². The Morgan fingerprint density at radius 1 is 1.30 bits per heavy atom. The maximum atomic E-state index is 9.81. The zero-order valence-electron chi connectivity index (χ0n) is 5.02. The highest BCUT2D eigenvalue weighted by atomic mass is 16.4. The normalized spacial score (nSPS) is 11.8. The van der Waals surface area contributed by atoms with E-state index in [0.717, 1.165) is 12.2 Å². The SMILES string of the molecule is O=CC=CC(O)=CC(=O)O. The van der Waals surface area contributed by atoms with Crippen LogP contribution in [0.3, 0.4) is 0 Å². The number of aliphatic hydroxyl groups excluding tert-OH is 1. The highest BCUT2D eigenvalue weighted by molar-refractivity contribution is 5.81. The third-order valence-corrected chi connectivity index (χ3v) is 0.617. The molecule has 0 aliphatic rings. The molecule has 2 N–H and O–H groups in total. The van der Waals surface area contributed by atoms with Gasteiger partial charge in [-0.25, -0.2) is 4.79 Å². The number of allylic oxidation sites excluding steroid dienone is 2. The van der Waals surface area contributed by atoms with E-state index in [-0.39, 0.29) is 0 Å². The molecular weight excluding hydrogens is 136 g/mol. The van der Waals surface area contributed by atoms with Crippen molar-refractivity contribution in [2.75, 3.05) is 0 Å². The maximum Gasteiger partial charge on any atom is 0.332 e. The van der Waals surface area contributed by atoms with Crippen LogP contribution in [0.4, 0.5) is 0 Å². The molecule has 0 aliphatic carbocycles. The van der Waals surface area contributed by atoms with Gasteiger partial charge in [-0.3, -0.25) is 4.79 Å². The fourth-order valence-corrected chi connectivity index (χ4v) is 0.312. The number of aliphatic carboxylic acids is 1. The number of aliphatic hydroxyl groups is 1. The third-order valence-electron chi connectivity index (χ3n) is 0.617. The van der Waals surface area contributed by atoms with Gasteiger partial charge in [-0.1, -0.05) is 0 Å². The number of carboxylic acid groups (broad SMARTS) is 1. The smallest absolute Gasteiger partial charge is 0.332 e. The first kappa shape index (κ1) is 8.42. The molecular formula is C6H6O4. The Labute approximate surface area is 57.1 Å². The number of hydrogen-bond donors (Lipinski definition) is 2. The van der Waals surface area contributed by atoms with Gasteiger partial charge in [0.1, 0.15) is 12.0 Å². The summed E-state index contributed by atoms with van der Waals surface area (Å²) in [4.78, 5) is 19.4. The van der Waals surface area contributed by atoms with E-state index in [1.165, 1.54) is 0 Å². The lowest BCUT2D eigenvalue weighted by molar-refractivity contribution is -0.131. The molecule has 0 saturated heterocycles. The predicted octanol–water partition coefficient (Wildman–Crippen LogP) is 0.268. The third kappa shape index (κ3) is 4.58. The number of rotatable bonds is 3. The van der Waals surface area contributed by atoms with E-state index >= 15 is 0 Å². The molecule has 10 heavy (non-hydrogen) atoms. The zero-order chi connectivity index (χ0) is 7.98. The van der Waals surface area contributed by atoms with Crippen molar-refractivity contribution in [1.82, 2.24) is 0 Å². The van der Waals surface area contributed by atoms with Gasteiger partial charge in [0.25, 0.3) is 0 Å². The summed E-state index contributed by atoms with van der Waals surface area (Å²) in [6, 6.07) is 0. The largest absolute Gasteiger partial charge is 0.508 e. The molecule has 0 amide bonds. The first-order valence-corrected chi connectivity index (χ1v) is 2.42. The standard InChI is InChI=1S/C6H6O4/c7-3-1-2-5(8)4-6(9)10/h1-4,8H,(H,9,10). The van der Waals surface area contributed by atoms with Crippen LogP contribution in [0.15, 0.2) is 24.0 Å². The summed E-state index contributed by atoms with van der Waals surface area (Å²) in [5.41, 5.74) is 0. The molecule has 0 bridgehead atoms. The maximum absolute atomic E-state index is 9.81. The molecule has 0 aromatic rings. The molecule has 0 radical (unpaired) electrons. The fourth-order valence-electron chi connectivity index (χ4n) is 0.312. The van der Waals surface area contributed by atoms with Crippen LogP contribution in [0.5, 0.6) is 0 Å². The van der Waals surface area contributed by atoms with E-state index in [1.54, 1.807) is 0 Å². The lowest BCUT2D eigenvalue weighted by Crippen LogP contribution is -1.89. The molecule has 0 rings (SSSR count). The highest BCUT2D eigenvalue weighted by Crippen LogP contribution is 1.88. The van der Waals surface area contributed by atoms with E-state index in [2.05, 4.69) is 0 Å². The average molecular weight is 142 g/mol. The molecule has 0 saturated carbocycles. The quantitative estimate of drug-likeness (QED) is 0.256. The molecule has 0 aromatic carbocycles. The number of aldehydes is 1. The summed E-state index contributed by atoms with van der Waals surface area (Å²) < 4.78 is 0. The van der Waals surface area contributed by atoms with Gasteiger partial charge >= 0.3 is 5.97 Å². The second-order valence-corrected chi connectivity index (χ2v) is 1.40. The van der Waals surface area contributed by atoms with Crippen molar-refractivity contribution >= 4 is 12.3 Å². The minimum absolute atomic E-state index is 0.436. The number of hydrogen-bond acceptors (Lipinski definition) is 3. The molecule has 4 heteroatoms. The lowest BCUT2D eigenvalue weighted by atomic mass is 10.4. The molecule has 0 spiro atoms. The predicted molar refractivity (Wildman–Crippen MR) is 33.6 cm³/mol. The van der Waals surface area contributed by atoms with Crippen LogP contribution >= 0.6 is 0 Å². The van der Waals surface area contributed by atoms with Crippen LogP contribution < -0.4 is 0 Å². The molecule has 0 fully saturated rings. The van der Waals surface area contributed by atoms with Gasteiger partial charge in [-0.15, -0.1) is 0 Å². The molecule has 0 unspecified atom stereocenters. The van der Waals surface area contributed by atoms with Gasteiger partial charge in [-0.05, 0) is 12.2 Å². The average Bonchev–Trinajstić information content (AvgIpc) is 1.82. The highest BCUT2D eigenvalue weighted by Gasteiger charge is 1.90. The summed E-state index contributed by atoms with van der Waals surface area (Å²) in [5.74, 6) is -1.72. The summed E-state index contributed by atoms with van der Waals surface area (Å²) in [6.45, 7) is 0. The minimum atomic E-state index is -1.26. The van der Waals surface area contributed by atoms with Crippen LogP contribution in [0.25, 0.3) is 0 Å². The Morgan fingerprint density at radius 2 is 1.90 bits per heavy atom. The Kier molecular flexibility index (Phi) is 3.63. The van der Waals surface area contributed by atoms with Crippen molar-refractivity contribution < 1.29 is 19.8 Å². The number of carbonyl (C=O) groups excluding carboxylic acids is 1. The molecule has 4 nitrogen and oxygen atoms in total. The van der Waals surface area contributed by atoms with Crippen molar-refractivity contribution in [3.63, 3.8) is 0 Å². The van der Waals surface area contributed by atoms with Crippen LogP contribution in [-0.2, 0) is 9.59 Å². The van der Waals surface area contributed by atoms with Gasteiger partial charge in [0.15, 0.2) is 0 Å². The second-order valence-electron chi connectivity index (χ2n) is 1.40. The van der Waals surface area contributed by atoms with Gasteiger partial charge in [0, 0.05) is 0 Å². The zero-order valence-corrected chi connectivity index (χ0v) is 5.02. The summed E-state index contributed by atoms with van der Waals surface area (Å²) >= 11 is 0. The van der Waals surface area contributed by atoms with Crippen molar-refractivity contribution in [3.05, 3.63) is 24.0 Å². The Bertz CT molecular complexity index is 190. The Hall–Kier alpha value is -1.58. The number of carboxylic acids is 1. The Balaban J connectivity index is 4.06. The lowest BCUT2D eigenvalue weighted by Gasteiger charge is -1.84. The first-order valence-electron chi connectivity index (χ1n) is 2.42. The van der Waals surface area contributed by atoms with E-state index in [4.69, 9.17) is 10.2 Å². The van der Waals surface area contributed by atoms with Crippen molar-refractivity contribution in [2.45, 2.75) is 0 Å². The van der Waals surface area contributed by atoms with Crippen LogP contribution in [0.1, 0.15) is 0 Å². The summed E-state index contributed by atoms with van der Waals surface area (Å²) in [6.07, 6.45) is 3.00. The topological polar surface area (TPSA) is 74.6 Å². The molecule has 0 heterocycles. The molecule has 0 aromatic heterocycles. The molecule has 0 atom stereocenters. The van der Waals surface area contributed by atoms with E-state index < -0.39 is 11.7 Å². The second kappa shape index (κ2) is 4.31. The van der Waals surface area contributed by atoms with Gasteiger partial charge in [-0.2, -0.15) is 0 Å². The van der Waals surface area contributed by atoms with E-state index in [0.29, 0.717) is 12.4 Å². The van der Waals surface area contributed by atoms with E-state index in [1.807, 2.05) is 0 Å². The summed E-state index contributed by atoms with van der Waals surface area (Å²) in [7, 11) is 0. The van der Waals surface area contributed by atoms with Gasteiger partial charge in [0.05, 0.1) is 6.08 Å². The van der Waals surface area contributed by atoms with Crippen molar-refractivity contribution in [1.29, 1.82) is 0 Å². The van der Waals surface area contributed by atoms with Gasteiger partial charge in [0.2, 0.25) is 0 Å². The minimum Gasteiger partial charge on any atom is -0.508 e. The first-order chi connectivity index (χ1) is 4.66. The Morgan fingerprint density at radius 3 is 2.30 bits per heavy atom. The van der Waals surface area contributed by atoms with Crippen LogP contribution in [0, 0.1) is 0 Å². The summed E-state index contributed by atoms with van der Waals surface area (Å²) in [5, 5.41) is 16.6. The van der Waals surface area contributed by atoms with Gasteiger partial charge < -0.3 is 10.2 Å². The van der Waals surface area contributed by atoms with Crippen molar-refractivity contribution in [2.24, 2.45) is 0 Å².